The van der Waals surface area contributed by atoms with E-state index in [9.17, 15) is 4.79 Å². The number of benzene rings is 1. The van der Waals surface area contributed by atoms with Crippen molar-refractivity contribution in [2.45, 2.75) is 10.9 Å². The normalized spacial score (nSPS) is 11.0. The summed E-state index contributed by atoms with van der Waals surface area (Å²) in [6.45, 7) is 0. The lowest BCUT2D eigenvalue weighted by Gasteiger charge is -2.06. The third-order valence-electron chi connectivity index (χ3n) is 3.06. The lowest BCUT2D eigenvalue weighted by atomic mass is 10.1. The number of rotatable bonds is 4. The molecule has 0 aliphatic heterocycles. The molecule has 7 heteroatoms. The van der Waals surface area contributed by atoms with Gasteiger partial charge in [-0.15, -0.1) is 10.2 Å². The Labute approximate surface area is 124 Å². The van der Waals surface area contributed by atoms with Gasteiger partial charge in [0.15, 0.2) is 5.16 Å². The molecule has 0 aliphatic carbocycles. The first-order valence-corrected chi connectivity index (χ1v) is 7.23. The van der Waals surface area contributed by atoms with Crippen LogP contribution >= 0.6 is 11.8 Å². The number of thioether (sulfide) groups is 1. The van der Waals surface area contributed by atoms with Gasteiger partial charge in [-0.2, -0.15) is 0 Å². The average molecular weight is 303 g/mol. The Morgan fingerprint density at radius 2 is 2.24 bits per heavy atom. The van der Waals surface area contributed by atoms with Crippen molar-refractivity contribution in [2.75, 3.05) is 7.11 Å². The lowest BCUT2D eigenvalue weighted by Crippen LogP contribution is -2.00. The molecule has 0 spiro atoms. The largest absolute Gasteiger partial charge is 0.497 e. The second-order valence-corrected chi connectivity index (χ2v) is 5.41. The second kappa shape index (κ2) is 5.61. The minimum atomic E-state index is -0.371. The first kappa shape index (κ1) is 13.7. The molecule has 0 amide bonds. The maximum Gasteiger partial charge on any atom is 0.336 e. The second-order valence-electron chi connectivity index (χ2n) is 4.47. The van der Waals surface area contributed by atoms with Crippen molar-refractivity contribution < 1.29 is 9.15 Å². The molecular weight excluding hydrogens is 290 g/mol. The molecule has 0 atom stereocenters. The van der Waals surface area contributed by atoms with Gasteiger partial charge in [0, 0.05) is 30.3 Å². The van der Waals surface area contributed by atoms with Crippen LogP contribution in [0.4, 0.5) is 0 Å². The number of fused-ring (bicyclic) bond motifs is 1. The smallest absolute Gasteiger partial charge is 0.336 e. The molecule has 0 aliphatic rings. The van der Waals surface area contributed by atoms with Gasteiger partial charge >= 0.3 is 5.63 Å². The first-order chi connectivity index (χ1) is 10.2. The number of aromatic nitrogens is 3. The molecule has 0 saturated heterocycles. The molecular formula is C14H13N3O3S. The fourth-order valence-electron chi connectivity index (χ4n) is 2.00. The van der Waals surface area contributed by atoms with Crippen molar-refractivity contribution in [3.63, 3.8) is 0 Å². The molecule has 2 heterocycles. The van der Waals surface area contributed by atoms with Gasteiger partial charge in [-0.3, -0.25) is 0 Å². The number of nitrogens with zero attached hydrogens (tertiary/aromatic N) is 3. The number of methoxy groups -OCH3 is 1. The average Bonchev–Trinajstić information content (AvgIpc) is 2.89. The fraction of sp³-hybridized carbons (Fsp3) is 0.214. The monoisotopic (exact) mass is 303 g/mol. The van der Waals surface area contributed by atoms with Gasteiger partial charge < -0.3 is 13.7 Å². The highest BCUT2D eigenvalue weighted by molar-refractivity contribution is 7.98. The van der Waals surface area contributed by atoms with E-state index in [-0.39, 0.29) is 5.63 Å². The third-order valence-corrected chi connectivity index (χ3v) is 4.15. The Hall–Kier alpha value is -2.28. The van der Waals surface area contributed by atoms with Crippen LogP contribution in [0.15, 0.2) is 45.0 Å². The molecule has 1 aromatic carbocycles. The van der Waals surface area contributed by atoms with E-state index in [4.69, 9.17) is 9.15 Å². The molecule has 21 heavy (non-hydrogen) atoms. The summed E-state index contributed by atoms with van der Waals surface area (Å²) in [7, 11) is 3.46. The van der Waals surface area contributed by atoms with Crippen LogP contribution in [0.5, 0.6) is 5.75 Å². The fourth-order valence-corrected chi connectivity index (χ4v) is 2.88. The third kappa shape index (κ3) is 2.78. The Kier molecular flexibility index (Phi) is 3.66. The molecule has 2 aromatic heterocycles. The summed E-state index contributed by atoms with van der Waals surface area (Å²) in [6, 6.07) is 6.97. The van der Waals surface area contributed by atoms with Crippen LogP contribution in [0.25, 0.3) is 11.0 Å². The van der Waals surface area contributed by atoms with Gasteiger partial charge in [-0.1, -0.05) is 11.8 Å². The van der Waals surface area contributed by atoms with Crippen molar-refractivity contribution >= 4 is 22.7 Å². The summed E-state index contributed by atoms with van der Waals surface area (Å²) >= 11 is 1.52. The molecule has 0 saturated carbocycles. The topological polar surface area (TPSA) is 70.2 Å². The number of ether oxygens (including phenoxy) is 1. The number of hydrogen-bond donors (Lipinski definition) is 0. The Balaban J connectivity index is 1.97. The maximum absolute atomic E-state index is 11.7. The first-order valence-electron chi connectivity index (χ1n) is 6.25. The molecule has 3 rings (SSSR count). The van der Waals surface area contributed by atoms with E-state index in [0.29, 0.717) is 17.1 Å². The lowest BCUT2D eigenvalue weighted by molar-refractivity contribution is 0.414. The van der Waals surface area contributed by atoms with Crippen LogP contribution in [0, 0.1) is 0 Å². The SMILES string of the molecule is COc1ccc2c(CSc3nncn3C)cc(=O)oc2c1. The van der Waals surface area contributed by atoms with Crippen LogP contribution in [0.1, 0.15) is 5.56 Å². The molecule has 0 bridgehead atoms. The van der Waals surface area contributed by atoms with Crippen molar-refractivity contribution in [2.24, 2.45) is 7.05 Å². The highest BCUT2D eigenvalue weighted by Gasteiger charge is 2.09. The zero-order valence-electron chi connectivity index (χ0n) is 11.6. The molecule has 108 valence electrons. The van der Waals surface area contributed by atoms with E-state index in [1.165, 1.54) is 17.8 Å². The van der Waals surface area contributed by atoms with E-state index >= 15 is 0 Å². The molecule has 0 radical (unpaired) electrons. The predicted octanol–water partition coefficient (Wildman–Crippen LogP) is 2.22. The van der Waals surface area contributed by atoms with Crippen molar-refractivity contribution in [3.05, 3.63) is 46.6 Å². The van der Waals surface area contributed by atoms with E-state index in [2.05, 4.69) is 10.2 Å². The van der Waals surface area contributed by atoms with Crippen molar-refractivity contribution in [3.8, 4) is 5.75 Å². The van der Waals surface area contributed by atoms with E-state index < -0.39 is 0 Å². The van der Waals surface area contributed by atoms with Gasteiger partial charge in [0.2, 0.25) is 0 Å². The van der Waals surface area contributed by atoms with Gasteiger partial charge in [-0.25, -0.2) is 4.79 Å². The highest BCUT2D eigenvalue weighted by atomic mass is 32.2. The van der Waals surface area contributed by atoms with Crippen molar-refractivity contribution in [1.29, 1.82) is 0 Å². The highest BCUT2D eigenvalue weighted by Crippen LogP contribution is 2.27. The van der Waals surface area contributed by atoms with Gasteiger partial charge in [0.25, 0.3) is 0 Å². The zero-order valence-corrected chi connectivity index (χ0v) is 12.4. The Bertz CT molecular complexity index is 841. The number of hydrogen-bond acceptors (Lipinski definition) is 6. The number of aryl methyl sites for hydroxylation is 1. The Morgan fingerprint density at radius 3 is 2.95 bits per heavy atom. The van der Waals surface area contributed by atoms with E-state index in [1.807, 2.05) is 23.7 Å². The molecule has 0 N–H and O–H groups in total. The molecule has 6 nitrogen and oxygen atoms in total. The Morgan fingerprint density at radius 1 is 1.38 bits per heavy atom. The van der Waals surface area contributed by atoms with Gasteiger partial charge in [-0.05, 0) is 17.7 Å². The molecule has 3 aromatic rings. The van der Waals surface area contributed by atoms with Crippen LogP contribution in [-0.2, 0) is 12.8 Å². The summed E-state index contributed by atoms with van der Waals surface area (Å²) in [5.74, 6) is 1.27. The van der Waals surface area contributed by atoms with Crippen LogP contribution in [0.3, 0.4) is 0 Å². The van der Waals surface area contributed by atoms with E-state index in [0.717, 1.165) is 16.1 Å². The van der Waals surface area contributed by atoms with E-state index in [1.54, 1.807) is 19.5 Å². The minimum Gasteiger partial charge on any atom is -0.497 e. The standard InChI is InChI=1S/C14H13N3O3S/c1-17-8-15-16-14(17)21-7-9-5-13(18)20-12-6-10(19-2)3-4-11(9)12/h3-6,8H,7H2,1-2H3. The van der Waals surface area contributed by atoms with Crippen LogP contribution in [-0.4, -0.2) is 21.9 Å². The maximum atomic E-state index is 11.7. The summed E-state index contributed by atoms with van der Waals surface area (Å²) in [5.41, 5.74) is 1.05. The summed E-state index contributed by atoms with van der Waals surface area (Å²) in [6.07, 6.45) is 1.64. The van der Waals surface area contributed by atoms with Crippen molar-refractivity contribution in [1.82, 2.24) is 14.8 Å². The minimum absolute atomic E-state index is 0.371. The summed E-state index contributed by atoms with van der Waals surface area (Å²) in [4.78, 5) is 11.7. The van der Waals surface area contributed by atoms with Crippen LogP contribution < -0.4 is 10.4 Å². The van der Waals surface area contributed by atoms with Gasteiger partial charge in [0.05, 0.1) is 7.11 Å². The zero-order chi connectivity index (χ0) is 14.8. The molecule has 0 unspecified atom stereocenters. The van der Waals surface area contributed by atoms with Gasteiger partial charge in [0.1, 0.15) is 17.7 Å². The summed E-state index contributed by atoms with van der Waals surface area (Å²) in [5, 5.41) is 9.54. The summed E-state index contributed by atoms with van der Waals surface area (Å²) < 4.78 is 12.2. The molecule has 0 fully saturated rings. The van der Waals surface area contributed by atoms with Crippen LogP contribution in [0.2, 0.25) is 0 Å². The predicted molar refractivity (Wildman–Crippen MR) is 79.6 cm³/mol. The quantitative estimate of drug-likeness (QED) is 0.544.